The molecule has 0 aliphatic rings. The normalized spacial score (nSPS) is 15.9. The van der Waals surface area contributed by atoms with Crippen molar-refractivity contribution >= 4 is 26.2 Å². The summed E-state index contributed by atoms with van der Waals surface area (Å²) in [6, 6.07) is 0. The summed E-state index contributed by atoms with van der Waals surface area (Å²) >= 11 is 1.88. The van der Waals surface area contributed by atoms with E-state index in [0.717, 1.165) is 25.0 Å². The molecule has 0 heterocycles. The third-order valence-corrected chi connectivity index (χ3v) is 9.04. The smallest absolute Gasteiger partial charge is 0.353 e. The first kappa shape index (κ1) is 36.8. The van der Waals surface area contributed by atoms with Gasteiger partial charge in [0.15, 0.2) is 0 Å². The maximum absolute atomic E-state index is 11.7. The second-order valence-corrected chi connectivity index (χ2v) is 12.5. The number of aliphatic hydroxyl groups is 1. The Balaban J connectivity index is 4.69. The van der Waals surface area contributed by atoms with Gasteiger partial charge in [-0.2, -0.15) is 11.8 Å². The van der Waals surface area contributed by atoms with Gasteiger partial charge in [-0.15, -0.1) is 0 Å². The summed E-state index contributed by atoms with van der Waals surface area (Å²) < 4.78 is 23.1. The largest absolute Gasteiger partial charge is 0.478 e. The van der Waals surface area contributed by atoms with Crippen molar-refractivity contribution in [2.45, 2.75) is 166 Å². The Bertz CT molecular complexity index is 552. The van der Waals surface area contributed by atoms with E-state index in [1.165, 1.54) is 89.9 Å². The zero-order chi connectivity index (χ0) is 27.8. The minimum atomic E-state index is -2.62. The highest BCUT2D eigenvalue weighted by Gasteiger charge is 2.49. The number of thioether (sulfide) groups is 1. The Hall–Kier alpha value is -0.200. The first-order valence-corrected chi connectivity index (χ1v) is 16.9. The third-order valence-electron chi connectivity index (χ3n) is 6.79. The molecule has 0 aliphatic carbocycles. The lowest BCUT2D eigenvalue weighted by Gasteiger charge is -2.32. The summed E-state index contributed by atoms with van der Waals surface area (Å²) in [4.78, 5) is 11.7. The van der Waals surface area contributed by atoms with Crippen molar-refractivity contribution in [3.63, 3.8) is 0 Å². The minimum Gasteiger partial charge on any atom is -0.478 e. The number of hydrogen-bond donors (Lipinski definition) is 2. The van der Waals surface area contributed by atoms with Crippen LogP contribution in [0.15, 0.2) is 0 Å². The second kappa shape index (κ2) is 24.8. The van der Waals surface area contributed by atoms with Crippen LogP contribution >= 0.6 is 20.2 Å². The van der Waals surface area contributed by atoms with Gasteiger partial charge in [-0.05, 0) is 31.9 Å². The Morgan fingerprint density at radius 3 is 1.76 bits per heavy atom. The summed E-state index contributed by atoms with van der Waals surface area (Å²) in [5.41, 5.74) is 0. The maximum atomic E-state index is 11.7. The number of aliphatic carboxylic acids is 1. The number of carbonyl (C=O) groups is 1. The van der Waals surface area contributed by atoms with Crippen LogP contribution in [0.1, 0.15) is 143 Å². The summed E-state index contributed by atoms with van der Waals surface area (Å²) in [5, 5.41) is 17.5. The van der Waals surface area contributed by atoms with Crippen LogP contribution in [-0.2, 0) is 18.8 Å². The van der Waals surface area contributed by atoms with Crippen molar-refractivity contribution in [1.82, 2.24) is 0 Å². The topological polar surface area (TPSA) is 93.1 Å². The molecule has 0 aromatic rings. The highest BCUT2D eigenvalue weighted by Crippen LogP contribution is 2.32. The van der Waals surface area contributed by atoms with E-state index < -0.39 is 26.1 Å². The van der Waals surface area contributed by atoms with Crippen molar-refractivity contribution in [1.29, 1.82) is 0 Å². The number of rotatable bonds is 28. The molecule has 0 spiro atoms. The summed E-state index contributed by atoms with van der Waals surface area (Å²) in [6.07, 6.45) is 20.2. The molecule has 6 nitrogen and oxygen atoms in total. The van der Waals surface area contributed by atoms with Gasteiger partial charge in [0.25, 0.3) is 5.34 Å². The van der Waals surface area contributed by atoms with Crippen LogP contribution in [-0.4, -0.2) is 51.5 Å². The predicted molar refractivity (Wildman–Crippen MR) is 157 cm³/mol. The highest BCUT2D eigenvalue weighted by molar-refractivity contribution is 7.99. The second-order valence-electron chi connectivity index (χ2n) is 10.3. The fraction of sp³-hybridized carbons (Fsp3) is 0.966. The standard InChI is InChI=1S/C29H57O6PS/c1-5-8-10-12-13-14-15-16-17-19-21-24-37-26(22-20-18-11-9-6-2)25(4)35-28(34-23-7-3)29(32,36-33)27(30)31/h25-26,28,32H,5-24H2,1-4H3,(H,30,31). The highest BCUT2D eigenvalue weighted by atomic mass is 32.2. The molecular formula is C29H57O6PS. The Morgan fingerprint density at radius 2 is 1.30 bits per heavy atom. The van der Waals surface area contributed by atoms with Gasteiger partial charge in [0, 0.05) is 11.9 Å². The molecule has 0 aromatic heterocycles. The van der Waals surface area contributed by atoms with Crippen LogP contribution in [0.5, 0.6) is 0 Å². The van der Waals surface area contributed by atoms with E-state index in [-0.39, 0.29) is 18.0 Å². The van der Waals surface area contributed by atoms with E-state index in [2.05, 4.69) is 13.8 Å². The van der Waals surface area contributed by atoms with E-state index in [1.807, 2.05) is 25.6 Å². The van der Waals surface area contributed by atoms with Gasteiger partial charge >= 0.3 is 5.97 Å². The molecule has 2 N–H and O–H groups in total. The molecule has 37 heavy (non-hydrogen) atoms. The summed E-state index contributed by atoms with van der Waals surface area (Å²) in [7, 11) is -0.939. The van der Waals surface area contributed by atoms with Gasteiger partial charge in [0.2, 0.25) is 14.8 Å². The molecule has 0 saturated carbocycles. The molecule has 8 heteroatoms. The molecule has 0 rings (SSSR count). The molecule has 0 fully saturated rings. The molecule has 0 radical (unpaired) electrons. The molecular weight excluding hydrogens is 507 g/mol. The fourth-order valence-electron chi connectivity index (χ4n) is 4.34. The molecule has 220 valence electrons. The number of carboxylic acid groups (broad SMARTS) is 1. The SMILES string of the molecule is CCCCCCCCCCCCCSC(CCCCCCC)C(C)OC(OCCC)C(O)(P=O)C(=O)O. The van der Waals surface area contributed by atoms with Crippen LogP contribution < -0.4 is 0 Å². The lowest BCUT2D eigenvalue weighted by molar-refractivity contribution is -0.230. The van der Waals surface area contributed by atoms with Crippen molar-refractivity contribution in [2.24, 2.45) is 0 Å². The number of hydrogen-bond acceptors (Lipinski definition) is 6. The van der Waals surface area contributed by atoms with Crippen LogP contribution in [0.3, 0.4) is 0 Å². The minimum absolute atomic E-state index is 0.166. The number of ether oxygens (including phenoxy) is 2. The Morgan fingerprint density at radius 1 is 0.811 bits per heavy atom. The van der Waals surface area contributed by atoms with Gasteiger partial charge in [-0.25, -0.2) is 4.79 Å². The maximum Gasteiger partial charge on any atom is 0.353 e. The molecule has 4 unspecified atom stereocenters. The van der Waals surface area contributed by atoms with E-state index in [0.29, 0.717) is 6.42 Å². The summed E-state index contributed by atoms with van der Waals surface area (Å²) in [5.74, 6) is -0.574. The average molecular weight is 565 g/mol. The third kappa shape index (κ3) is 17.9. The first-order valence-electron chi connectivity index (χ1n) is 15.1. The number of unbranched alkanes of at least 4 members (excludes halogenated alkanes) is 14. The fourth-order valence-corrected chi connectivity index (χ4v) is 5.99. The van der Waals surface area contributed by atoms with Crippen molar-refractivity contribution in [2.75, 3.05) is 12.4 Å². The van der Waals surface area contributed by atoms with Crippen LogP contribution in [0.25, 0.3) is 0 Å². The summed E-state index contributed by atoms with van der Waals surface area (Å²) in [6.45, 7) is 8.48. The van der Waals surface area contributed by atoms with Gasteiger partial charge in [-0.3, -0.25) is 4.57 Å². The molecule has 0 aromatic carbocycles. The molecule has 0 aliphatic heterocycles. The van der Waals surface area contributed by atoms with Crippen LogP contribution in [0.2, 0.25) is 0 Å². The molecule has 0 bridgehead atoms. The van der Waals surface area contributed by atoms with E-state index >= 15 is 0 Å². The molecule has 0 amide bonds. The van der Waals surface area contributed by atoms with Gasteiger partial charge in [0.1, 0.15) is 0 Å². The van der Waals surface area contributed by atoms with Crippen molar-refractivity contribution in [3.05, 3.63) is 0 Å². The van der Waals surface area contributed by atoms with Crippen LogP contribution in [0.4, 0.5) is 0 Å². The Kier molecular flexibility index (Phi) is 24.7. The zero-order valence-corrected chi connectivity index (χ0v) is 26.0. The van der Waals surface area contributed by atoms with Gasteiger partial charge in [-0.1, -0.05) is 117 Å². The zero-order valence-electron chi connectivity index (χ0n) is 24.3. The number of carboxylic acids is 1. The quantitative estimate of drug-likeness (QED) is 0.0556. The van der Waals surface area contributed by atoms with Crippen LogP contribution in [0, 0.1) is 0 Å². The van der Waals surface area contributed by atoms with E-state index in [4.69, 9.17) is 9.47 Å². The van der Waals surface area contributed by atoms with Crippen molar-refractivity contribution < 1.29 is 29.0 Å². The molecule has 4 atom stereocenters. The van der Waals surface area contributed by atoms with E-state index in [9.17, 15) is 19.6 Å². The monoisotopic (exact) mass is 564 g/mol. The van der Waals surface area contributed by atoms with Gasteiger partial charge in [0.05, 0.1) is 6.10 Å². The lowest BCUT2D eigenvalue weighted by Crippen LogP contribution is -2.50. The lowest BCUT2D eigenvalue weighted by atomic mass is 10.1. The Labute approximate surface area is 233 Å². The average Bonchev–Trinajstić information content (AvgIpc) is 2.89. The first-order chi connectivity index (χ1) is 17.9. The molecule has 0 saturated heterocycles. The predicted octanol–water partition coefficient (Wildman–Crippen LogP) is 8.98. The van der Waals surface area contributed by atoms with Gasteiger partial charge < -0.3 is 19.7 Å². The van der Waals surface area contributed by atoms with Crippen molar-refractivity contribution in [3.8, 4) is 0 Å². The van der Waals surface area contributed by atoms with E-state index in [1.54, 1.807) is 0 Å².